The molecule has 0 aromatic carbocycles. The highest BCUT2D eigenvalue weighted by molar-refractivity contribution is 9.10. The fourth-order valence-electron chi connectivity index (χ4n) is 0.998. The Hall–Kier alpha value is -0.490. The Labute approximate surface area is 103 Å². The molecule has 1 aromatic rings. The van der Waals surface area contributed by atoms with Crippen LogP contribution in [0.5, 0.6) is 5.88 Å². The average Bonchev–Trinajstić information content (AvgIpc) is 2.26. The van der Waals surface area contributed by atoms with Gasteiger partial charge in [-0.05, 0) is 22.2 Å². The van der Waals surface area contributed by atoms with Crippen molar-refractivity contribution in [2.45, 2.75) is 0 Å². The highest BCUT2D eigenvalue weighted by Gasteiger charge is 2.08. The summed E-state index contributed by atoms with van der Waals surface area (Å²) in [6, 6.07) is 0. The first-order valence-electron chi connectivity index (χ1n) is 4.45. The summed E-state index contributed by atoms with van der Waals surface area (Å²) < 4.78 is 5.88. The molecule has 0 unspecified atom stereocenters. The van der Waals surface area contributed by atoms with Gasteiger partial charge in [0.25, 0.3) is 0 Å². The summed E-state index contributed by atoms with van der Waals surface area (Å²) in [7, 11) is 3.57. The third-order valence-corrected chi connectivity index (χ3v) is 3.00. The van der Waals surface area contributed by atoms with Gasteiger partial charge in [0.05, 0.1) is 17.8 Å². The lowest BCUT2D eigenvalue weighted by Crippen LogP contribution is -2.22. The fraction of sp³-hybridized carbons (Fsp3) is 0.556. The Balaban J connectivity index is 2.76. The molecule has 0 N–H and O–H groups in total. The monoisotopic (exact) mass is 291 g/mol. The lowest BCUT2D eigenvalue weighted by molar-refractivity contribution is 0.394. The quantitative estimate of drug-likeness (QED) is 0.830. The number of methoxy groups -OCH3 is 1. The normalized spacial score (nSPS) is 10.1. The smallest absolute Gasteiger partial charge is 0.232 e. The zero-order valence-electron chi connectivity index (χ0n) is 9.03. The Bertz CT molecular complexity index is 324. The lowest BCUT2D eigenvalue weighted by atomic mass is 10.6. The van der Waals surface area contributed by atoms with Crippen molar-refractivity contribution in [1.82, 2.24) is 9.97 Å². The van der Waals surface area contributed by atoms with Crippen molar-refractivity contribution in [3.63, 3.8) is 0 Å². The minimum absolute atomic E-state index is 0.566. The van der Waals surface area contributed by atoms with E-state index in [0.717, 1.165) is 16.8 Å². The van der Waals surface area contributed by atoms with Gasteiger partial charge < -0.3 is 9.64 Å². The van der Waals surface area contributed by atoms with Gasteiger partial charge in [-0.3, -0.25) is 0 Å². The van der Waals surface area contributed by atoms with Gasteiger partial charge in [-0.1, -0.05) is 0 Å². The number of halogens is 1. The van der Waals surface area contributed by atoms with Crippen LogP contribution in [0.2, 0.25) is 0 Å². The van der Waals surface area contributed by atoms with Crippen molar-refractivity contribution in [2.75, 3.05) is 37.6 Å². The SMILES string of the molecule is COc1nc(N(C)CCSC)ncc1Br. The van der Waals surface area contributed by atoms with Gasteiger partial charge in [-0.15, -0.1) is 0 Å². The molecule has 0 aliphatic rings. The Morgan fingerprint density at radius 2 is 2.33 bits per heavy atom. The second kappa shape index (κ2) is 6.17. The number of nitrogens with zero attached hydrogens (tertiary/aromatic N) is 3. The molecule has 4 nitrogen and oxygen atoms in total. The molecule has 0 aliphatic carbocycles. The maximum Gasteiger partial charge on any atom is 0.232 e. The predicted molar refractivity (Wildman–Crippen MR) is 67.9 cm³/mol. The number of thioether (sulfide) groups is 1. The Morgan fingerprint density at radius 3 is 2.93 bits per heavy atom. The van der Waals surface area contributed by atoms with Crippen LogP contribution in [0.4, 0.5) is 5.95 Å². The van der Waals surface area contributed by atoms with Crippen LogP contribution in [0.1, 0.15) is 0 Å². The molecule has 15 heavy (non-hydrogen) atoms. The third kappa shape index (κ3) is 3.53. The second-order valence-corrected chi connectivity index (χ2v) is 4.78. The van der Waals surface area contributed by atoms with Crippen LogP contribution in [0.3, 0.4) is 0 Å². The molecule has 0 saturated heterocycles. The van der Waals surface area contributed by atoms with E-state index in [1.54, 1.807) is 25.1 Å². The molecule has 84 valence electrons. The van der Waals surface area contributed by atoms with E-state index in [0.29, 0.717) is 11.8 Å². The van der Waals surface area contributed by atoms with Crippen molar-refractivity contribution < 1.29 is 4.74 Å². The van der Waals surface area contributed by atoms with E-state index in [1.165, 1.54) is 0 Å². The summed E-state index contributed by atoms with van der Waals surface area (Å²) in [5, 5.41) is 0. The van der Waals surface area contributed by atoms with Crippen LogP contribution < -0.4 is 9.64 Å². The summed E-state index contributed by atoms with van der Waals surface area (Å²) >= 11 is 5.12. The lowest BCUT2D eigenvalue weighted by Gasteiger charge is -2.16. The van der Waals surface area contributed by atoms with Gasteiger partial charge in [-0.25, -0.2) is 4.98 Å². The van der Waals surface area contributed by atoms with Gasteiger partial charge in [0.2, 0.25) is 11.8 Å². The molecule has 0 saturated carbocycles. The predicted octanol–water partition coefficient (Wildman–Crippen LogP) is 2.05. The molecule has 0 amide bonds. The van der Waals surface area contributed by atoms with Gasteiger partial charge in [0.1, 0.15) is 0 Å². The molecule has 1 heterocycles. The topological polar surface area (TPSA) is 38.2 Å². The summed E-state index contributed by atoms with van der Waals surface area (Å²) in [6.07, 6.45) is 3.79. The molecule has 0 radical (unpaired) electrons. The van der Waals surface area contributed by atoms with Crippen LogP contribution in [0.25, 0.3) is 0 Å². The molecular formula is C9H14BrN3OS. The minimum atomic E-state index is 0.566. The molecular weight excluding hydrogens is 278 g/mol. The first kappa shape index (κ1) is 12.6. The Kier molecular flexibility index (Phi) is 5.17. The van der Waals surface area contributed by atoms with Crippen LogP contribution in [0, 0.1) is 0 Å². The van der Waals surface area contributed by atoms with E-state index >= 15 is 0 Å². The number of aromatic nitrogens is 2. The molecule has 0 bridgehead atoms. The molecule has 0 fully saturated rings. The zero-order chi connectivity index (χ0) is 11.3. The van der Waals surface area contributed by atoms with Crippen molar-refractivity contribution in [1.29, 1.82) is 0 Å². The Morgan fingerprint density at radius 1 is 1.60 bits per heavy atom. The van der Waals surface area contributed by atoms with Crippen LogP contribution in [-0.4, -0.2) is 42.7 Å². The van der Waals surface area contributed by atoms with Crippen molar-refractivity contribution >= 4 is 33.6 Å². The number of ether oxygens (including phenoxy) is 1. The highest BCUT2D eigenvalue weighted by Crippen LogP contribution is 2.22. The number of hydrogen-bond donors (Lipinski definition) is 0. The minimum Gasteiger partial charge on any atom is -0.480 e. The summed E-state index contributed by atoms with van der Waals surface area (Å²) in [4.78, 5) is 10.5. The van der Waals surface area contributed by atoms with Gasteiger partial charge in [0, 0.05) is 19.3 Å². The van der Waals surface area contributed by atoms with E-state index in [9.17, 15) is 0 Å². The summed E-state index contributed by atoms with van der Waals surface area (Å²) in [5.41, 5.74) is 0. The zero-order valence-corrected chi connectivity index (χ0v) is 11.4. The van der Waals surface area contributed by atoms with E-state index in [-0.39, 0.29) is 0 Å². The largest absolute Gasteiger partial charge is 0.480 e. The van der Waals surface area contributed by atoms with Crippen molar-refractivity contribution in [3.05, 3.63) is 10.7 Å². The number of rotatable bonds is 5. The van der Waals surface area contributed by atoms with Crippen molar-refractivity contribution in [2.24, 2.45) is 0 Å². The van der Waals surface area contributed by atoms with E-state index in [1.807, 2.05) is 11.9 Å². The van der Waals surface area contributed by atoms with Gasteiger partial charge >= 0.3 is 0 Å². The third-order valence-electron chi connectivity index (χ3n) is 1.86. The van der Waals surface area contributed by atoms with E-state index in [2.05, 4.69) is 32.2 Å². The highest BCUT2D eigenvalue weighted by atomic mass is 79.9. The first-order chi connectivity index (χ1) is 7.19. The standard InChI is InChI=1S/C9H14BrN3OS/c1-13(4-5-15-3)9-11-6-7(10)8(12-9)14-2/h6H,4-5H2,1-3H3. The number of hydrogen-bond acceptors (Lipinski definition) is 5. The maximum atomic E-state index is 5.11. The van der Waals surface area contributed by atoms with Gasteiger partial charge in [0.15, 0.2) is 0 Å². The van der Waals surface area contributed by atoms with Gasteiger partial charge in [-0.2, -0.15) is 16.7 Å². The molecule has 0 spiro atoms. The molecule has 0 aliphatic heterocycles. The summed E-state index contributed by atoms with van der Waals surface area (Å²) in [6.45, 7) is 0.923. The summed E-state index contributed by atoms with van der Waals surface area (Å²) in [5.74, 6) is 2.30. The van der Waals surface area contributed by atoms with Crippen molar-refractivity contribution in [3.8, 4) is 5.88 Å². The molecule has 6 heteroatoms. The molecule has 1 rings (SSSR count). The van der Waals surface area contributed by atoms with Crippen LogP contribution >= 0.6 is 27.7 Å². The molecule has 1 aromatic heterocycles. The fourth-order valence-corrected chi connectivity index (χ4v) is 1.81. The first-order valence-corrected chi connectivity index (χ1v) is 6.64. The van der Waals surface area contributed by atoms with E-state index in [4.69, 9.17) is 4.74 Å². The molecule has 0 atom stereocenters. The maximum absolute atomic E-state index is 5.11. The van der Waals surface area contributed by atoms with Crippen LogP contribution in [0.15, 0.2) is 10.7 Å². The van der Waals surface area contributed by atoms with Crippen LogP contribution in [-0.2, 0) is 0 Å². The van der Waals surface area contributed by atoms with E-state index < -0.39 is 0 Å². The second-order valence-electron chi connectivity index (χ2n) is 2.94. The average molecular weight is 292 g/mol. The number of anilines is 1.